The second-order valence-electron chi connectivity index (χ2n) is 3.31. The lowest BCUT2D eigenvalue weighted by atomic mass is 10.5. The molecule has 1 aliphatic rings. The van der Waals surface area contributed by atoms with Crippen LogP contribution in [0.4, 0.5) is 11.6 Å². The quantitative estimate of drug-likeness (QED) is 0.774. The molecule has 0 saturated heterocycles. The molecule has 5 nitrogen and oxygen atoms in total. The molecule has 2 aromatic heterocycles. The van der Waals surface area contributed by atoms with Gasteiger partial charge in [0.2, 0.25) is 0 Å². The van der Waals surface area contributed by atoms with Gasteiger partial charge in [0, 0.05) is 18.5 Å². The van der Waals surface area contributed by atoms with Crippen LogP contribution in [0.1, 0.15) is 0 Å². The summed E-state index contributed by atoms with van der Waals surface area (Å²) in [5, 5.41) is 11.0. The van der Waals surface area contributed by atoms with Gasteiger partial charge < -0.3 is 4.98 Å². The van der Waals surface area contributed by atoms with Gasteiger partial charge in [-0.2, -0.15) is 5.10 Å². The molecule has 0 amide bonds. The molecule has 0 fully saturated rings. The fourth-order valence-corrected chi connectivity index (χ4v) is 1.70. The fraction of sp³-hybridized carbons (Fsp3) is 0.100. The van der Waals surface area contributed by atoms with Gasteiger partial charge in [-0.3, -0.25) is 10.1 Å². The molecule has 0 radical (unpaired) electrons. The number of anilines is 2. The normalized spacial score (nSPS) is 15.2. The maximum Gasteiger partial charge on any atom is 0.143 e. The zero-order valence-corrected chi connectivity index (χ0v) is 8.09. The van der Waals surface area contributed by atoms with E-state index in [0.29, 0.717) is 0 Å². The average molecular weight is 201 g/mol. The Hall–Kier alpha value is -2.17. The standard InChI is InChI=1S/C10H11N5/c1-3-9(11-5-1)14-7-2-8-15(14)10-4-6-12-13-10/h1-7,11H,8H2,(H,12,13). The van der Waals surface area contributed by atoms with Gasteiger partial charge in [0.25, 0.3) is 0 Å². The lowest BCUT2D eigenvalue weighted by Gasteiger charge is -2.27. The first-order valence-corrected chi connectivity index (χ1v) is 4.81. The molecule has 0 spiro atoms. The van der Waals surface area contributed by atoms with Crippen molar-refractivity contribution in [3.63, 3.8) is 0 Å². The lowest BCUT2D eigenvalue weighted by molar-refractivity contribution is 0.875. The van der Waals surface area contributed by atoms with Crippen molar-refractivity contribution in [2.24, 2.45) is 0 Å². The second kappa shape index (κ2) is 3.20. The van der Waals surface area contributed by atoms with Crippen LogP contribution in [-0.2, 0) is 0 Å². The molecular weight excluding hydrogens is 190 g/mol. The first-order valence-electron chi connectivity index (χ1n) is 4.81. The number of hydrogen-bond donors (Lipinski definition) is 2. The zero-order chi connectivity index (χ0) is 10.1. The number of H-pyrrole nitrogens is 2. The minimum atomic E-state index is 0.848. The Balaban J connectivity index is 1.92. The number of rotatable bonds is 2. The molecule has 0 saturated carbocycles. The van der Waals surface area contributed by atoms with Gasteiger partial charge in [0.15, 0.2) is 0 Å². The summed E-state index contributed by atoms with van der Waals surface area (Å²) in [5.41, 5.74) is 0. The summed E-state index contributed by atoms with van der Waals surface area (Å²) in [5.74, 6) is 2.02. The van der Waals surface area contributed by atoms with E-state index in [2.05, 4.69) is 26.3 Å². The Morgan fingerprint density at radius 3 is 3.00 bits per heavy atom. The molecule has 0 atom stereocenters. The van der Waals surface area contributed by atoms with Crippen LogP contribution in [0.5, 0.6) is 0 Å². The molecule has 3 rings (SSSR count). The summed E-state index contributed by atoms with van der Waals surface area (Å²) in [6.07, 6.45) is 7.79. The molecule has 1 aliphatic heterocycles. The van der Waals surface area contributed by atoms with Crippen molar-refractivity contribution in [3.8, 4) is 0 Å². The van der Waals surface area contributed by atoms with E-state index in [-0.39, 0.29) is 0 Å². The van der Waals surface area contributed by atoms with Crippen LogP contribution in [0.2, 0.25) is 0 Å². The highest BCUT2D eigenvalue weighted by Crippen LogP contribution is 2.22. The van der Waals surface area contributed by atoms with Gasteiger partial charge in [-0.05, 0) is 18.2 Å². The smallest absolute Gasteiger partial charge is 0.143 e. The van der Waals surface area contributed by atoms with Crippen LogP contribution in [0, 0.1) is 0 Å². The number of aromatic nitrogens is 3. The van der Waals surface area contributed by atoms with Crippen LogP contribution in [0.3, 0.4) is 0 Å². The molecule has 2 aromatic rings. The molecule has 0 unspecified atom stereocenters. The minimum Gasteiger partial charge on any atom is -0.347 e. The van der Waals surface area contributed by atoms with Crippen molar-refractivity contribution in [2.75, 3.05) is 16.6 Å². The van der Waals surface area contributed by atoms with Crippen molar-refractivity contribution in [1.82, 2.24) is 15.2 Å². The number of nitrogens with one attached hydrogen (secondary N) is 2. The van der Waals surface area contributed by atoms with Gasteiger partial charge in [0.05, 0.1) is 12.7 Å². The zero-order valence-electron chi connectivity index (χ0n) is 8.09. The Bertz CT molecular complexity index is 442. The maximum absolute atomic E-state index is 3.95. The van der Waals surface area contributed by atoms with Crippen molar-refractivity contribution >= 4 is 11.6 Å². The highest BCUT2D eigenvalue weighted by Gasteiger charge is 2.19. The summed E-state index contributed by atoms with van der Waals surface area (Å²) in [6.45, 7) is 0.848. The molecule has 0 aliphatic carbocycles. The van der Waals surface area contributed by atoms with E-state index in [1.165, 1.54) is 0 Å². The predicted octanol–water partition coefficient (Wildman–Crippen LogP) is 1.49. The monoisotopic (exact) mass is 201 g/mol. The van der Waals surface area contributed by atoms with Crippen LogP contribution in [-0.4, -0.2) is 21.7 Å². The summed E-state index contributed by atoms with van der Waals surface area (Å²) in [4.78, 5) is 3.17. The van der Waals surface area contributed by atoms with Crippen LogP contribution in [0.25, 0.3) is 0 Å². The van der Waals surface area contributed by atoms with E-state index in [1.807, 2.05) is 35.6 Å². The summed E-state index contributed by atoms with van der Waals surface area (Å²) < 4.78 is 0. The predicted molar refractivity (Wildman–Crippen MR) is 58.3 cm³/mol. The fourth-order valence-electron chi connectivity index (χ4n) is 1.70. The largest absolute Gasteiger partial charge is 0.347 e. The number of hydrogen-bond acceptors (Lipinski definition) is 3. The van der Waals surface area contributed by atoms with Gasteiger partial charge >= 0.3 is 0 Å². The molecular formula is C10H11N5. The van der Waals surface area contributed by atoms with E-state index in [4.69, 9.17) is 0 Å². The SMILES string of the molecule is C1=CN(c2ccc[nH]2)N(c2ccn[nH]2)C1. The van der Waals surface area contributed by atoms with Gasteiger partial charge in [0.1, 0.15) is 11.6 Å². The van der Waals surface area contributed by atoms with Crippen LogP contribution in [0.15, 0.2) is 42.9 Å². The maximum atomic E-state index is 3.95. The van der Waals surface area contributed by atoms with Gasteiger partial charge in [-0.25, -0.2) is 5.01 Å². The van der Waals surface area contributed by atoms with E-state index in [0.717, 1.165) is 18.2 Å². The topological polar surface area (TPSA) is 51.0 Å². The van der Waals surface area contributed by atoms with Crippen LogP contribution < -0.4 is 10.0 Å². The third-order valence-electron chi connectivity index (χ3n) is 2.38. The van der Waals surface area contributed by atoms with E-state index < -0.39 is 0 Å². The van der Waals surface area contributed by atoms with Crippen LogP contribution >= 0.6 is 0 Å². The Labute approximate surface area is 87.0 Å². The van der Waals surface area contributed by atoms with E-state index in [9.17, 15) is 0 Å². The molecule has 3 heterocycles. The summed E-state index contributed by atoms with van der Waals surface area (Å²) >= 11 is 0. The lowest BCUT2D eigenvalue weighted by Crippen LogP contribution is -2.35. The molecule has 0 aromatic carbocycles. The van der Waals surface area contributed by atoms with Crippen molar-refractivity contribution in [3.05, 3.63) is 42.9 Å². The number of hydrazine groups is 1. The van der Waals surface area contributed by atoms with Crippen molar-refractivity contribution in [1.29, 1.82) is 0 Å². The minimum absolute atomic E-state index is 0.848. The molecule has 15 heavy (non-hydrogen) atoms. The Morgan fingerprint density at radius 2 is 2.27 bits per heavy atom. The van der Waals surface area contributed by atoms with Crippen molar-refractivity contribution in [2.45, 2.75) is 0 Å². The van der Waals surface area contributed by atoms with E-state index in [1.54, 1.807) is 6.20 Å². The Kier molecular flexibility index (Phi) is 1.74. The third-order valence-corrected chi connectivity index (χ3v) is 2.38. The first kappa shape index (κ1) is 8.16. The number of nitrogens with zero attached hydrogens (tertiary/aromatic N) is 3. The number of aromatic amines is 2. The summed E-state index contributed by atoms with van der Waals surface area (Å²) in [6, 6.07) is 5.95. The van der Waals surface area contributed by atoms with Gasteiger partial charge in [-0.1, -0.05) is 0 Å². The molecule has 5 heteroatoms. The molecule has 76 valence electrons. The first-order chi connectivity index (χ1) is 7.45. The Morgan fingerprint density at radius 1 is 1.27 bits per heavy atom. The van der Waals surface area contributed by atoms with Gasteiger partial charge in [-0.15, -0.1) is 0 Å². The summed E-state index contributed by atoms with van der Waals surface area (Å²) in [7, 11) is 0. The third kappa shape index (κ3) is 1.28. The molecule has 0 bridgehead atoms. The van der Waals surface area contributed by atoms with E-state index >= 15 is 0 Å². The average Bonchev–Trinajstić information content (AvgIpc) is 3.01. The highest BCUT2D eigenvalue weighted by molar-refractivity contribution is 5.56. The second-order valence-corrected chi connectivity index (χ2v) is 3.31. The van der Waals surface area contributed by atoms with Crippen molar-refractivity contribution < 1.29 is 0 Å². The molecule has 2 N–H and O–H groups in total. The highest BCUT2D eigenvalue weighted by atomic mass is 15.7.